The average Bonchev–Trinajstić information content (AvgIpc) is 2.17. The van der Waals surface area contributed by atoms with Crippen LogP contribution in [0.25, 0.3) is 0 Å². The van der Waals surface area contributed by atoms with Crippen molar-refractivity contribution in [1.82, 2.24) is 0 Å². The first-order valence-corrected chi connectivity index (χ1v) is 5.65. The lowest BCUT2D eigenvalue weighted by Gasteiger charge is -2.33. The molecule has 0 bridgehead atoms. The highest BCUT2D eigenvalue weighted by atomic mass is 16.5. The number of ether oxygens (including phenoxy) is 1. The van der Waals surface area contributed by atoms with Crippen LogP contribution < -0.4 is 0 Å². The molecule has 0 aromatic rings. The molecule has 0 heterocycles. The van der Waals surface area contributed by atoms with E-state index in [1.54, 1.807) is 27.7 Å². The number of carbonyl (C=O) groups excluding carboxylic acids is 2. The van der Waals surface area contributed by atoms with Gasteiger partial charge in [-0.2, -0.15) is 0 Å². The second kappa shape index (κ2) is 4.53. The minimum absolute atomic E-state index is 0.157. The minimum atomic E-state index is -0.994. The lowest BCUT2D eigenvalue weighted by molar-refractivity contribution is -0.168. The van der Waals surface area contributed by atoms with E-state index in [4.69, 9.17) is 4.74 Å². The van der Waals surface area contributed by atoms with E-state index < -0.39 is 11.5 Å². The summed E-state index contributed by atoms with van der Waals surface area (Å²) in [4.78, 5) is 22.9. The first-order chi connectivity index (χ1) is 7.23. The standard InChI is InChI=1S/C12H20O4/c1-7-9(6-5-8(13)10(7)14)16-11(15)12(2,3)4/h7,9-10,14H,5-6H2,1-4H3/t7-,9+,10-/m1/s1. The van der Waals surface area contributed by atoms with E-state index in [0.29, 0.717) is 6.42 Å². The maximum absolute atomic E-state index is 11.7. The molecular weight excluding hydrogens is 208 g/mol. The van der Waals surface area contributed by atoms with Crippen molar-refractivity contribution >= 4 is 11.8 Å². The van der Waals surface area contributed by atoms with E-state index in [2.05, 4.69) is 0 Å². The summed E-state index contributed by atoms with van der Waals surface area (Å²) in [7, 11) is 0. The number of Topliss-reactive ketones (excluding diaryl/α,β-unsaturated/α-hetero) is 1. The fraction of sp³-hybridized carbons (Fsp3) is 0.833. The van der Waals surface area contributed by atoms with Gasteiger partial charge in [-0.05, 0) is 27.2 Å². The van der Waals surface area contributed by atoms with E-state index in [-0.39, 0.29) is 30.2 Å². The van der Waals surface area contributed by atoms with Gasteiger partial charge in [0.05, 0.1) is 5.41 Å². The molecular formula is C12H20O4. The molecule has 1 aliphatic carbocycles. The zero-order valence-corrected chi connectivity index (χ0v) is 10.3. The van der Waals surface area contributed by atoms with E-state index >= 15 is 0 Å². The molecule has 1 saturated carbocycles. The summed E-state index contributed by atoms with van der Waals surface area (Å²) < 4.78 is 5.34. The molecule has 92 valence electrons. The highest BCUT2D eigenvalue weighted by Gasteiger charge is 2.38. The van der Waals surface area contributed by atoms with Gasteiger partial charge < -0.3 is 9.84 Å². The zero-order valence-electron chi connectivity index (χ0n) is 10.3. The van der Waals surface area contributed by atoms with E-state index in [1.165, 1.54) is 0 Å². The van der Waals surface area contributed by atoms with Crippen molar-refractivity contribution in [1.29, 1.82) is 0 Å². The maximum Gasteiger partial charge on any atom is 0.311 e. The molecule has 3 atom stereocenters. The second-order valence-corrected chi connectivity index (χ2v) is 5.50. The summed E-state index contributed by atoms with van der Waals surface area (Å²) in [6.45, 7) is 7.08. The summed E-state index contributed by atoms with van der Waals surface area (Å²) >= 11 is 0. The number of hydrogen-bond acceptors (Lipinski definition) is 4. The van der Waals surface area contributed by atoms with Crippen molar-refractivity contribution in [3.05, 3.63) is 0 Å². The van der Waals surface area contributed by atoms with Gasteiger partial charge in [0.25, 0.3) is 0 Å². The third kappa shape index (κ3) is 2.82. The predicted octanol–water partition coefficient (Wildman–Crippen LogP) is 1.30. The van der Waals surface area contributed by atoms with Crippen LogP contribution in [0.2, 0.25) is 0 Å². The van der Waals surface area contributed by atoms with E-state index in [9.17, 15) is 14.7 Å². The number of aliphatic hydroxyl groups is 1. The van der Waals surface area contributed by atoms with Crippen molar-refractivity contribution in [3.8, 4) is 0 Å². The molecule has 0 amide bonds. The number of rotatable bonds is 1. The van der Waals surface area contributed by atoms with Crippen LogP contribution in [0.15, 0.2) is 0 Å². The fourth-order valence-electron chi connectivity index (χ4n) is 1.67. The molecule has 4 nitrogen and oxygen atoms in total. The summed E-state index contributed by atoms with van der Waals surface area (Å²) in [5.41, 5.74) is -0.549. The van der Waals surface area contributed by atoms with Crippen molar-refractivity contribution in [2.24, 2.45) is 11.3 Å². The van der Waals surface area contributed by atoms with Crippen LogP contribution in [0.3, 0.4) is 0 Å². The molecule has 1 aliphatic rings. The van der Waals surface area contributed by atoms with Crippen LogP contribution in [0.5, 0.6) is 0 Å². The lowest BCUT2D eigenvalue weighted by Crippen LogP contribution is -2.44. The number of esters is 1. The van der Waals surface area contributed by atoms with Crippen LogP contribution in [0.1, 0.15) is 40.5 Å². The van der Waals surface area contributed by atoms with Crippen LogP contribution in [0.4, 0.5) is 0 Å². The molecule has 1 fully saturated rings. The summed E-state index contributed by atoms with van der Waals surface area (Å²) in [5.74, 6) is -0.756. The number of ketones is 1. The Labute approximate surface area is 96.0 Å². The molecule has 0 unspecified atom stereocenters. The maximum atomic E-state index is 11.7. The fourth-order valence-corrected chi connectivity index (χ4v) is 1.67. The Morgan fingerprint density at radius 2 is 2.00 bits per heavy atom. The summed E-state index contributed by atoms with van der Waals surface area (Å²) in [5, 5.41) is 9.59. The number of aliphatic hydroxyl groups excluding tert-OH is 1. The molecule has 0 aromatic heterocycles. The zero-order chi connectivity index (χ0) is 12.5. The van der Waals surface area contributed by atoms with Gasteiger partial charge in [-0.3, -0.25) is 9.59 Å². The second-order valence-electron chi connectivity index (χ2n) is 5.50. The summed E-state index contributed by atoms with van der Waals surface area (Å²) in [6.07, 6.45) is -0.544. The normalized spacial score (nSPS) is 31.3. The molecule has 0 spiro atoms. The van der Waals surface area contributed by atoms with Gasteiger partial charge in [0.1, 0.15) is 12.2 Å². The van der Waals surface area contributed by atoms with Crippen LogP contribution in [0, 0.1) is 11.3 Å². The van der Waals surface area contributed by atoms with Gasteiger partial charge in [0, 0.05) is 12.3 Å². The van der Waals surface area contributed by atoms with Gasteiger partial charge in [-0.15, -0.1) is 0 Å². The lowest BCUT2D eigenvalue weighted by atomic mass is 9.84. The van der Waals surface area contributed by atoms with Crippen molar-refractivity contribution in [2.75, 3.05) is 0 Å². The van der Waals surface area contributed by atoms with Crippen molar-refractivity contribution < 1.29 is 19.4 Å². The quantitative estimate of drug-likeness (QED) is 0.687. The molecule has 1 N–H and O–H groups in total. The molecule has 0 aromatic carbocycles. The highest BCUT2D eigenvalue weighted by molar-refractivity contribution is 5.84. The molecule has 0 aliphatic heterocycles. The number of hydrogen-bond donors (Lipinski definition) is 1. The molecule has 0 radical (unpaired) electrons. The smallest absolute Gasteiger partial charge is 0.311 e. The van der Waals surface area contributed by atoms with Gasteiger partial charge in [0.15, 0.2) is 5.78 Å². The van der Waals surface area contributed by atoms with Crippen LogP contribution >= 0.6 is 0 Å². The Morgan fingerprint density at radius 1 is 1.44 bits per heavy atom. The molecule has 16 heavy (non-hydrogen) atoms. The van der Waals surface area contributed by atoms with Gasteiger partial charge in [0.2, 0.25) is 0 Å². The number of carbonyl (C=O) groups is 2. The van der Waals surface area contributed by atoms with Crippen LogP contribution in [-0.4, -0.2) is 29.1 Å². The monoisotopic (exact) mass is 228 g/mol. The molecule has 4 heteroatoms. The SMILES string of the molecule is C[C@@H]1[C@@H](OC(=O)C(C)(C)C)CCC(=O)[C@@H]1O. The summed E-state index contributed by atoms with van der Waals surface area (Å²) in [6, 6.07) is 0. The van der Waals surface area contributed by atoms with Crippen molar-refractivity contribution in [2.45, 2.75) is 52.7 Å². The van der Waals surface area contributed by atoms with Gasteiger partial charge in [-0.25, -0.2) is 0 Å². The Morgan fingerprint density at radius 3 is 2.50 bits per heavy atom. The Hall–Kier alpha value is -0.900. The largest absolute Gasteiger partial charge is 0.462 e. The van der Waals surface area contributed by atoms with Crippen LogP contribution in [-0.2, 0) is 14.3 Å². The first-order valence-electron chi connectivity index (χ1n) is 5.65. The highest BCUT2D eigenvalue weighted by Crippen LogP contribution is 2.27. The Bertz CT molecular complexity index is 290. The third-order valence-electron chi connectivity index (χ3n) is 2.96. The first kappa shape index (κ1) is 13.2. The average molecular weight is 228 g/mol. The van der Waals surface area contributed by atoms with Gasteiger partial charge in [-0.1, -0.05) is 6.92 Å². The third-order valence-corrected chi connectivity index (χ3v) is 2.96. The Kier molecular flexibility index (Phi) is 3.73. The van der Waals surface area contributed by atoms with Crippen molar-refractivity contribution in [3.63, 3.8) is 0 Å². The van der Waals surface area contributed by atoms with E-state index in [1.807, 2.05) is 0 Å². The molecule has 1 rings (SSSR count). The topological polar surface area (TPSA) is 63.6 Å². The predicted molar refractivity (Wildman–Crippen MR) is 58.7 cm³/mol. The van der Waals surface area contributed by atoms with Gasteiger partial charge >= 0.3 is 5.97 Å². The Balaban J connectivity index is 2.62. The van der Waals surface area contributed by atoms with E-state index in [0.717, 1.165) is 0 Å². The minimum Gasteiger partial charge on any atom is -0.462 e. The molecule has 0 saturated heterocycles.